The Hall–Kier alpha value is -1.19. The number of allylic oxidation sites excluding steroid dienone is 1. The zero-order valence-electron chi connectivity index (χ0n) is 27.5. The van der Waals surface area contributed by atoms with E-state index >= 15 is 0 Å². The van der Waals surface area contributed by atoms with Gasteiger partial charge >= 0.3 is 6.16 Å². The van der Waals surface area contributed by atoms with Crippen molar-refractivity contribution in [3.63, 3.8) is 0 Å². The van der Waals surface area contributed by atoms with Crippen molar-refractivity contribution < 1.29 is 34.0 Å². The summed E-state index contributed by atoms with van der Waals surface area (Å²) < 4.78 is 24.5. The standard InChI is InChI=1S/C35H59NO7/c1-6-30-31(25(3)35(43-30)14-9-24(2)23-41-35)33(4)12-11-29-26(22-33)7-8-27-21-28(10-13-34(27,29)5)42-32(39)40-20-17-36(15-18-37)16-19-38/h8,24-26,28-31,37-38H,6-7,9-23H2,1-5H3/t24-,25-,26-,28-,29-,30-,31?,33-,34-,35-/m0/s1. The molecule has 2 saturated heterocycles. The van der Waals surface area contributed by atoms with Gasteiger partial charge in [-0.1, -0.05) is 46.3 Å². The summed E-state index contributed by atoms with van der Waals surface area (Å²) in [7, 11) is 0. The Morgan fingerprint density at radius 2 is 1.84 bits per heavy atom. The monoisotopic (exact) mass is 605 g/mol. The highest BCUT2D eigenvalue weighted by atomic mass is 16.7. The van der Waals surface area contributed by atoms with Crippen molar-refractivity contribution in [3.05, 3.63) is 11.6 Å². The summed E-state index contributed by atoms with van der Waals surface area (Å²) in [5.41, 5.74) is 1.91. The Labute approximate surface area is 259 Å². The van der Waals surface area contributed by atoms with Crippen LogP contribution in [0, 0.1) is 40.4 Å². The Morgan fingerprint density at radius 1 is 1.07 bits per heavy atom. The molecule has 2 saturated carbocycles. The minimum Gasteiger partial charge on any atom is -0.433 e. The van der Waals surface area contributed by atoms with Gasteiger partial charge in [0, 0.05) is 38.4 Å². The number of ether oxygens (including phenoxy) is 4. The Morgan fingerprint density at radius 3 is 2.51 bits per heavy atom. The quantitative estimate of drug-likeness (QED) is 0.233. The summed E-state index contributed by atoms with van der Waals surface area (Å²) >= 11 is 0. The first-order chi connectivity index (χ1) is 20.6. The van der Waals surface area contributed by atoms with Crippen LogP contribution in [0.1, 0.15) is 98.8 Å². The second-order valence-corrected chi connectivity index (χ2v) is 15.2. The zero-order chi connectivity index (χ0) is 30.8. The van der Waals surface area contributed by atoms with E-state index in [1.807, 2.05) is 4.90 Å². The van der Waals surface area contributed by atoms with Gasteiger partial charge in [-0.3, -0.25) is 4.90 Å². The van der Waals surface area contributed by atoms with Crippen LogP contribution in [0.2, 0.25) is 0 Å². The van der Waals surface area contributed by atoms with Gasteiger partial charge < -0.3 is 29.2 Å². The van der Waals surface area contributed by atoms with Crippen LogP contribution in [0.4, 0.5) is 4.79 Å². The van der Waals surface area contributed by atoms with E-state index in [4.69, 9.17) is 29.2 Å². The van der Waals surface area contributed by atoms with Gasteiger partial charge in [0.1, 0.15) is 12.7 Å². The molecule has 43 heavy (non-hydrogen) atoms. The molecule has 2 N–H and O–H groups in total. The summed E-state index contributed by atoms with van der Waals surface area (Å²) in [5.74, 6) is 2.53. The third kappa shape index (κ3) is 6.70. The predicted molar refractivity (Wildman–Crippen MR) is 165 cm³/mol. The molecule has 4 fully saturated rings. The van der Waals surface area contributed by atoms with Crippen LogP contribution >= 0.6 is 0 Å². The van der Waals surface area contributed by atoms with Gasteiger partial charge in [-0.2, -0.15) is 0 Å². The lowest BCUT2D eigenvalue weighted by Crippen LogP contribution is -2.50. The van der Waals surface area contributed by atoms with E-state index in [9.17, 15) is 4.79 Å². The fraction of sp³-hybridized carbons (Fsp3) is 0.914. The van der Waals surface area contributed by atoms with Crippen molar-refractivity contribution in [2.45, 2.75) is 117 Å². The third-order valence-corrected chi connectivity index (χ3v) is 12.5. The highest BCUT2D eigenvalue weighted by Gasteiger charge is 2.61. The van der Waals surface area contributed by atoms with Crippen molar-refractivity contribution >= 4 is 6.16 Å². The van der Waals surface area contributed by atoms with E-state index in [1.54, 1.807) is 0 Å². The molecule has 0 aromatic rings. The Bertz CT molecular complexity index is 973. The number of aliphatic hydroxyl groups excluding tert-OH is 2. The van der Waals surface area contributed by atoms with Crippen molar-refractivity contribution in [2.75, 3.05) is 46.1 Å². The molecule has 5 aliphatic rings. The largest absolute Gasteiger partial charge is 0.508 e. The van der Waals surface area contributed by atoms with Gasteiger partial charge in [0.15, 0.2) is 5.79 Å². The van der Waals surface area contributed by atoms with E-state index in [0.29, 0.717) is 49.2 Å². The third-order valence-electron chi connectivity index (χ3n) is 12.5. The molecule has 8 nitrogen and oxygen atoms in total. The number of rotatable bonds is 10. The summed E-state index contributed by atoms with van der Waals surface area (Å²) in [4.78, 5) is 14.3. The number of aliphatic hydroxyl groups is 2. The van der Waals surface area contributed by atoms with E-state index in [1.165, 1.54) is 31.3 Å². The summed E-state index contributed by atoms with van der Waals surface area (Å²) in [6.07, 6.45) is 12.9. The molecule has 5 rings (SSSR count). The molecule has 0 bridgehead atoms. The number of carbonyl (C=O) groups excluding carboxylic acids is 1. The molecule has 10 atom stereocenters. The van der Waals surface area contributed by atoms with Crippen LogP contribution in [-0.4, -0.2) is 85.3 Å². The minimum atomic E-state index is -0.614. The van der Waals surface area contributed by atoms with Gasteiger partial charge in [-0.25, -0.2) is 4.79 Å². The van der Waals surface area contributed by atoms with Crippen LogP contribution in [0.5, 0.6) is 0 Å². The maximum absolute atomic E-state index is 12.5. The van der Waals surface area contributed by atoms with E-state index in [2.05, 4.69) is 40.7 Å². The fourth-order valence-corrected chi connectivity index (χ4v) is 10.1. The molecule has 0 radical (unpaired) electrons. The van der Waals surface area contributed by atoms with Crippen LogP contribution in [-0.2, 0) is 18.9 Å². The second-order valence-electron chi connectivity index (χ2n) is 15.2. The maximum Gasteiger partial charge on any atom is 0.508 e. The molecule has 1 unspecified atom stereocenters. The topological polar surface area (TPSA) is 97.7 Å². The summed E-state index contributed by atoms with van der Waals surface area (Å²) in [5, 5.41) is 18.3. The normalized spacial score (nSPS) is 42.8. The molecule has 0 amide bonds. The lowest BCUT2D eigenvalue weighted by molar-refractivity contribution is -0.269. The van der Waals surface area contributed by atoms with E-state index in [-0.39, 0.29) is 48.6 Å². The number of hydrogen-bond acceptors (Lipinski definition) is 8. The van der Waals surface area contributed by atoms with Crippen LogP contribution < -0.4 is 0 Å². The van der Waals surface area contributed by atoms with Gasteiger partial charge in [-0.05, 0) is 85.9 Å². The lowest BCUT2D eigenvalue weighted by atomic mass is 9.48. The van der Waals surface area contributed by atoms with Crippen molar-refractivity contribution in [3.8, 4) is 0 Å². The first-order valence-electron chi connectivity index (χ1n) is 17.4. The molecule has 2 aliphatic heterocycles. The lowest BCUT2D eigenvalue weighted by Gasteiger charge is -2.57. The van der Waals surface area contributed by atoms with Crippen LogP contribution in [0.25, 0.3) is 0 Å². The summed E-state index contributed by atoms with van der Waals surface area (Å²) in [6, 6.07) is 0. The molecule has 246 valence electrons. The molecule has 3 aliphatic carbocycles. The highest BCUT2D eigenvalue weighted by Crippen LogP contribution is 2.64. The van der Waals surface area contributed by atoms with Gasteiger partial charge in [0.2, 0.25) is 0 Å². The van der Waals surface area contributed by atoms with Crippen molar-refractivity contribution in [1.29, 1.82) is 0 Å². The van der Waals surface area contributed by atoms with Crippen LogP contribution in [0.3, 0.4) is 0 Å². The molecule has 0 aromatic carbocycles. The Kier molecular flexibility index (Phi) is 10.5. The van der Waals surface area contributed by atoms with E-state index in [0.717, 1.165) is 45.1 Å². The number of carbonyl (C=O) groups is 1. The fourth-order valence-electron chi connectivity index (χ4n) is 10.1. The smallest absolute Gasteiger partial charge is 0.433 e. The van der Waals surface area contributed by atoms with Gasteiger partial charge in [0.25, 0.3) is 0 Å². The van der Waals surface area contributed by atoms with Crippen molar-refractivity contribution in [1.82, 2.24) is 4.90 Å². The average molecular weight is 606 g/mol. The first kappa shape index (κ1) is 33.2. The molecule has 1 spiro atoms. The number of fused-ring (bicyclic) bond motifs is 3. The van der Waals surface area contributed by atoms with Gasteiger partial charge in [0.05, 0.1) is 25.9 Å². The highest BCUT2D eigenvalue weighted by molar-refractivity contribution is 5.60. The molecular weight excluding hydrogens is 546 g/mol. The molecule has 8 heteroatoms. The Balaban J connectivity index is 1.18. The van der Waals surface area contributed by atoms with E-state index < -0.39 is 6.16 Å². The van der Waals surface area contributed by atoms with Crippen LogP contribution in [0.15, 0.2) is 11.6 Å². The number of nitrogens with zero attached hydrogens (tertiary/aromatic N) is 1. The predicted octanol–water partition coefficient (Wildman–Crippen LogP) is 5.94. The SMILES string of the molecule is CC[C@@H]1O[C@@]2(CC[C@H](C)CO2)[C@@H](C)C1[C@@]1(C)CC[C@H]2[C@@H](CC=C3C[C@@H](OC(=O)OCCN(CCO)CCO)CC[C@@]32C)C1. The number of hydrogen-bond donors (Lipinski definition) is 2. The molecular formula is C35H59NO7. The molecule has 0 aromatic heterocycles. The summed E-state index contributed by atoms with van der Waals surface area (Å²) in [6.45, 7) is 14.4. The molecule has 2 heterocycles. The zero-order valence-corrected chi connectivity index (χ0v) is 27.5. The maximum atomic E-state index is 12.5. The first-order valence-corrected chi connectivity index (χ1v) is 17.4. The van der Waals surface area contributed by atoms with Crippen molar-refractivity contribution in [2.24, 2.45) is 40.4 Å². The van der Waals surface area contributed by atoms with Gasteiger partial charge in [-0.15, -0.1) is 0 Å². The average Bonchev–Trinajstić information content (AvgIpc) is 3.26. The minimum absolute atomic E-state index is 0.00389. The second kappa shape index (κ2) is 13.7.